The molecule has 2 aliphatic heterocycles. The van der Waals surface area contributed by atoms with Gasteiger partial charge in [-0.05, 0) is 62.1 Å². The lowest BCUT2D eigenvalue weighted by molar-refractivity contribution is -0.137. The van der Waals surface area contributed by atoms with Gasteiger partial charge in [0.05, 0.1) is 5.92 Å². The van der Waals surface area contributed by atoms with Crippen LogP contribution >= 0.6 is 11.6 Å². The molecule has 0 N–H and O–H groups in total. The summed E-state index contributed by atoms with van der Waals surface area (Å²) in [5, 5.41) is 17.3. The van der Waals surface area contributed by atoms with Crippen LogP contribution in [0.1, 0.15) is 37.5 Å². The van der Waals surface area contributed by atoms with Crippen LogP contribution in [-0.4, -0.2) is 66.9 Å². The van der Waals surface area contributed by atoms with Crippen LogP contribution in [0.5, 0.6) is 0 Å². The summed E-state index contributed by atoms with van der Waals surface area (Å²) in [5.74, 6) is 2.34. The Bertz CT molecular complexity index is 1330. The fourth-order valence-electron chi connectivity index (χ4n) is 5.00. The van der Waals surface area contributed by atoms with E-state index in [-0.39, 0.29) is 17.7 Å². The lowest BCUT2D eigenvalue weighted by atomic mass is 9.92. The van der Waals surface area contributed by atoms with Crippen molar-refractivity contribution in [2.75, 3.05) is 31.1 Å². The molecule has 11 heteroatoms. The van der Waals surface area contributed by atoms with E-state index in [0.29, 0.717) is 23.3 Å². The number of benzene rings is 1. The number of carbonyl (C=O) groups excluding carboxylic acids is 1. The first-order valence-electron chi connectivity index (χ1n) is 11.9. The van der Waals surface area contributed by atoms with Gasteiger partial charge in [-0.2, -0.15) is 9.50 Å². The molecule has 180 valence electrons. The van der Waals surface area contributed by atoms with Crippen molar-refractivity contribution in [1.82, 2.24) is 34.9 Å². The Hall–Kier alpha value is -3.53. The summed E-state index contributed by atoms with van der Waals surface area (Å²) in [6.07, 6.45) is 5.08. The number of rotatable bonds is 4. The number of carbonyl (C=O) groups is 1. The van der Waals surface area contributed by atoms with Crippen LogP contribution in [0.3, 0.4) is 0 Å². The van der Waals surface area contributed by atoms with Crippen molar-refractivity contribution in [3.8, 4) is 11.4 Å². The van der Waals surface area contributed by atoms with Crippen LogP contribution in [0.4, 0.5) is 5.82 Å². The number of aromatic nitrogens is 6. The summed E-state index contributed by atoms with van der Waals surface area (Å²) in [5.41, 5.74) is 1.58. The molecule has 0 spiro atoms. The molecular formula is C24H25ClN8O2. The third-order valence-electron chi connectivity index (χ3n) is 6.94. The quantitative estimate of drug-likeness (QED) is 0.426. The molecule has 10 nitrogen and oxygen atoms in total. The van der Waals surface area contributed by atoms with Gasteiger partial charge < -0.3 is 14.3 Å². The molecule has 0 bridgehead atoms. The normalized spacial score (nSPS) is 19.4. The minimum absolute atomic E-state index is 0.0240. The summed E-state index contributed by atoms with van der Waals surface area (Å²) < 4.78 is 7.27. The Morgan fingerprint density at radius 1 is 1.03 bits per heavy atom. The first kappa shape index (κ1) is 22.0. The highest BCUT2D eigenvalue weighted by atomic mass is 35.5. The third-order valence-corrected chi connectivity index (χ3v) is 7.19. The number of fused-ring (bicyclic) bond motifs is 1. The molecular weight excluding hydrogens is 468 g/mol. The van der Waals surface area contributed by atoms with Crippen LogP contribution in [0.2, 0.25) is 5.02 Å². The number of amides is 1. The van der Waals surface area contributed by atoms with E-state index in [4.69, 9.17) is 16.1 Å². The van der Waals surface area contributed by atoms with Gasteiger partial charge in [-0.25, -0.2) is 0 Å². The fraction of sp³-hybridized carbons (Fsp3) is 0.417. The lowest BCUT2D eigenvalue weighted by Gasteiger charge is -2.37. The predicted octanol–water partition coefficient (Wildman–Crippen LogP) is 3.45. The van der Waals surface area contributed by atoms with Crippen molar-refractivity contribution < 1.29 is 9.32 Å². The number of halogens is 1. The summed E-state index contributed by atoms with van der Waals surface area (Å²) in [6.45, 7) is 2.98. The zero-order valence-electron chi connectivity index (χ0n) is 19.1. The highest BCUT2D eigenvalue weighted by Gasteiger charge is 2.34. The molecule has 1 atom stereocenters. The van der Waals surface area contributed by atoms with Gasteiger partial charge >= 0.3 is 0 Å². The van der Waals surface area contributed by atoms with E-state index in [1.807, 2.05) is 41.3 Å². The first-order valence-corrected chi connectivity index (χ1v) is 12.3. The average Bonchev–Trinajstić information content (AvgIpc) is 3.59. The molecule has 35 heavy (non-hydrogen) atoms. The van der Waals surface area contributed by atoms with Gasteiger partial charge in [0.2, 0.25) is 17.6 Å². The predicted molar refractivity (Wildman–Crippen MR) is 129 cm³/mol. The zero-order valence-corrected chi connectivity index (χ0v) is 19.9. The van der Waals surface area contributed by atoms with Crippen LogP contribution in [0.25, 0.3) is 17.0 Å². The Kier molecular flexibility index (Phi) is 5.81. The SMILES string of the molecule is O=C(C1CCN(c2ccc3nncn3n2)CC1)N1CCCC(c2nc(-c3ccc(Cl)cc3)no2)C1. The molecule has 2 aliphatic rings. The van der Waals surface area contributed by atoms with Crippen molar-refractivity contribution in [2.24, 2.45) is 5.92 Å². The van der Waals surface area contributed by atoms with Crippen molar-refractivity contribution in [2.45, 2.75) is 31.6 Å². The molecule has 0 radical (unpaired) electrons. The van der Waals surface area contributed by atoms with E-state index in [9.17, 15) is 4.79 Å². The topological polar surface area (TPSA) is 106 Å². The summed E-state index contributed by atoms with van der Waals surface area (Å²) in [7, 11) is 0. The molecule has 6 rings (SSSR count). The molecule has 4 aromatic rings. The lowest BCUT2D eigenvalue weighted by Crippen LogP contribution is -2.46. The number of piperidine rings is 2. The molecule has 0 saturated carbocycles. The average molecular weight is 493 g/mol. The smallest absolute Gasteiger partial charge is 0.231 e. The number of hydrogen-bond acceptors (Lipinski definition) is 8. The minimum Gasteiger partial charge on any atom is -0.355 e. The van der Waals surface area contributed by atoms with Crippen LogP contribution in [0.15, 0.2) is 47.2 Å². The number of hydrogen-bond donors (Lipinski definition) is 0. The molecule has 0 aliphatic carbocycles. The van der Waals surface area contributed by atoms with Crippen LogP contribution in [-0.2, 0) is 4.79 Å². The maximum Gasteiger partial charge on any atom is 0.231 e. The standard InChI is InChI=1S/C24H25ClN8O2/c25-19-5-3-16(4-6-19)22-27-23(35-30-22)18-2-1-11-32(14-18)24(34)17-9-12-31(13-10-17)21-8-7-20-28-26-15-33(20)29-21/h3-8,15,17-18H,1-2,9-14H2. The van der Waals surface area contributed by atoms with E-state index in [0.717, 1.165) is 62.3 Å². The minimum atomic E-state index is 0.0240. The molecule has 1 aromatic carbocycles. The van der Waals surface area contributed by atoms with Gasteiger partial charge in [0.15, 0.2) is 5.65 Å². The van der Waals surface area contributed by atoms with Crippen molar-refractivity contribution in [3.05, 3.63) is 53.6 Å². The number of nitrogens with zero attached hydrogens (tertiary/aromatic N) is 8. The molecule has 1 amide bonds. The maximum atomic E-state index is 13.4. The molecule has 3 aromatic heterocycles. The maximum absolute atomic E-state index is 13.4. The second kappa shape index (κ2) is 9.26. The van der Waals surface area contributed by atoms with Crippen LogP contribution < -0.4 is 4.90 Å². The highest BCUT2D eigenvalue weighted by molar-refractivity contribution is 6.30. The molecule has 2 saturated heterocycles. The van der Waals surface area contributed by atoms with E-state index >= 15 is 0 Å². The van der Waals surface area contributed by atoms with Gasteiger partial charge in [-0.1, -0.05) is 16.8 Å². The Morgan fingerprint density at radius 2 is 1.86 bits per heavy atom. The Labute approximate surface area is 206 Å². The van der Waals surface area contributed by atoms with Gasteiger partial charge in [0.1, 0.15) is 12.1 Å². The second-order valence-electron chi connectivity index (χ2n) is 9.17. The van der Waals surface area contributed by atoms with E-state index in [1.165, 1.54) is 0 Å². The van der Waals surface area contributed by atoms with Gasteiger partial charge in [0.25, 0.3) is 0 Å². The monoisotopic (exact) mass is 492 g/mol. The number of likely N-dealkylation sites (tertiary alicyclic amines) is 1. The van der Waals surface area contributed by atoms with E-state index in [2.05, 4.69) is 30.3 Å². The Balaban J connectivity index is 1.07. The molecule has 1 unspecified atom stereocenters. The molecule has 2 fully saturated rings. The summed E-state index contributed by atoms with van der Waals surface area (Å²) in [4.78, 5) is 22.2. The van der Waals surface area contributed by atoms with E-state index < -0.39 is 0 Å². The van der Waals surface area contributed by atoms with Gasteiger partial charge in [0, 0.05) is 42.7 Å². The van der Waals surface area contributed by atoms with Gasteiger partial charge in [-0.3, -0.25) is 4.79 Å². The second-order valence-corrected chi connectivity index (χ2v) is 9.61. The van der Waals surface area contributed by atoms with Crippen molar-refractivity contribution >= 4 is 29.0 Å². The summed E-state index contributed by atoms with van der Waals surface area (Å²) in [6, 6.07) is 11.2. The van der Waals surface area contributed by atoms with Gasteiger partial charge in [-0.15, -0.1) is 15.3 Å². The number of anilines is 1. The zero-order chi connectivity index (χ0) is 23.8. The summed E-state index contributed by atoms with van der Waals surface area (Å²) >= 11 is 5.98. The molecule has 5 heterocycles. The fourth-order valence-corrected chi connectivity index (χ4v) is 5.12. The van der Waals surface area contributed by atoms with E-state index in [1.54, 1.807) is 10.8 Å². The largest absolute Gasteiger partial charge is 0.355 e. The van der Waals surface area contributed by atoms with Crippen molar-refractivity contribution in [3.63, 3.8) is 0 Å². The van der Waals surface area contributed by atoms with Crippen LogP contribution in [0, 0.1) is 5.92 Å². The first-order chi connectivity index (χ1) is 17.1. The van der Waals surface area contributed by atoms with Crippen molar-refractivity contribution in [1.29, 1.82) is 0 Å². The Morgan fingerprint density at radius 3 is 2.69 bits per heavy atom. The highest BCUT2D eigenvalue weighted by Crippen LogP contribution is 2.30. The third kappa shape index (κ3) is 4.45.